The minimum atomic E-state index is -1.50. The number of hydrogen-bond donors (Lipinski definition) is 0. The highest BCUT2D eigenvalue weighted by Gasteiger charge is 2.28. The average molecular weight is 235 g/mol. The van der Waals surface area contributed by atoms with Gasteiger partial charge >= 0.3 is 5.97 Å². The van der Waals surface area contributed by atoms with Gasteiger partial charge in [0.2, 0.25) is 5.92 Å². The van der Waals surface area contributed by atoms with Crippen LogP contribution >= 0.6 is 0 Å². The largest absolute Gasteiger partial charge is 0.465 e. The number of carbonyl (C=O) groups is 2. The quantitative estimate of drug-likeness (QED) is 0.452. The molecular formula is C12H10FNO3. The van der Waals surface area contributed by atoms with Gasteiger partial charge in [-0.2, -0.15) is 5.26 Å². The van der Waals surface area contributed by atoms with Crippen molar-refractivity contribution in [3.63, 3.8) is 0 Å². The summed E-state index contributed by atoms with van der Waals surface area (Å²) in [7, 11) is 0. The molecule has 17 heavy (non-hydrogen) atoms. The third-order valence-electron chi connectivity index (χ3n) is 2.04. The number of Topliss-reactive ketones (excluding diaryl/α,β-unsaturated/α-hetero) is 1. The van der Waals surface area contributed by atoms with Crippen LogP contribution in [0.15, 0.2) is 24.3 Å². The second kappa shape index (κ2) is 5.75. The summed E-state index contributed by atoms with van der Waals surface area (Å²) in [6, 6.07) is 6.21. The SMILES string of the molecule is CCOC(=O)C(C#N)C(=O)c1ccc(F)cc1. The lowest BCUT2D eigenvalue weighted by Gasteiger charge is -2.07. The van der Waals surface area contributed by atoms with Gasteiger partial charge in [0, 0.05) is 5.56 Å². The van der Waals surface area contributed by atoms with Crippen LogP contribution in [0.4, 0.5) is 4.39 Å². The number of ketones is 1. The van der Waals surface area contributed by atoms with Gasteiger partial charge in [-0.25, -0.2) is 4.39 Å². The first-order chi connectivity index (χ1) is 8.10. The van der Waals surface area contributed by atoms with Crippen molar-refractivity contribution >= 4 is 11.8 Å². The monoisotopic (exact) mass is 235 g/mol. The minimum absolute atomic E-state index is 0.0910. The molecule has 1 unspecified atom stereocenters. The summed E-state index contributed by atoms with van der Waals surface area (Å²) in [6.07, 6.45) is 0. The lowest BCUT2D eigenvalue weighted by molar-refractivity contribution is -0.144. The fourth-order valence-corrected chi connectivity index (χ4v) is 1.22. The summed E-state index contributed by atoms with van der Waals surface area (Å²) in [5, 5.41) is 8.76. The van der Waals surface area contributed by atoms with E-state index in [9.17, 15) is 14.0 Å². The zero-order chi connectivity index (χ0) is 12.8. The molecule has 1 aromatic rings. The van der Waals surface area contributed by atoms with E-state index in [1.165, 1.54) is 12.1 Å². The highest BCUT2D eigenvalue weighted by Crippen LogP contribution is 2.11. The van der Waals surface area contributed by atoms with E-state index in [2.05, 4.69) is 4.74 Å². The van der Waals surface area contributed by atoms with Gasteiger partial charge in [0.05, 0.1) is 12.7 Å². The molecule has 0 N–H and O–H groups in total. The number of nitriles is 1. The van der Waals surface area contributed by atoms with Crippen molar-refractivity contribution in [2.24, 2.45) is 5.92 Å². The number of carbonyl (C=O) groups excluding carboxylic acids is 2. The number of benzene rings is 1. The van der Waals surface area contributed by atoms with Crippen molar-refractivity contribution in [2.45, 2.75) is 6.92 Å². The normalized spacial score (nSPS) is 11.4. The zero-order valence-corrected chi connectivity index (χ0v) is 9.14. The predicted octanol–water partition coefficient (Wildman–Crippen LogP) is 1.71. The summed E-state index contributed by atoms with van der Waals surface area (Å²) in [5.41, 5.74) is 0.103. The highest BCUT2D eigenvalue weighted by molar-refractivity contribution is 6.10. The Morgan fingerprint density at radius 3 is 2.47 bits per heavy atom. The Morgan fingerprint density at radius 2 is 2.00 bits per heavy atom. The Hall–Kier alpha value is -2.22. The first-order valence-electron chi connectivity index (χ1n) is 4.96. The molecule has 0 amide bonds. The first-order valence-corrected chi connectivity index (χ1v) is 4.96. The maximum Gasteiger partial charge on any atom is 0.331 e. The Kier molecular flexibility index (Phi) is 4.35. The van der Waals surface area contributed by atoms with Gasteiger partial charge < -0.3 is 4.74 Å². The van der Waals surface area contributed by atoms with Gasteiger partial charge in [0.25, 0.3) is 0 Å². The van der Waals surface area contributed by atoms with Crippen LogP contribution in [-0.4, -0.2) is 18.4 Å². The van der Waals surface area contributed by atoms with Crippen LogP contribution < -0.4 is 0 Å². The number of ether oxygens (including phenoxy) is 1. The molecule has 0 aliphatic carbocycles. The van der Waals surface area contributed by atoms with E-state index in [0.717, 1.165) is 12.1 Å². The summed E-state index contributed by atoms with van der Waals surface area (Å²) < 4.78 is 17.2. The molecule has 0 radical (unpaired) electrons. The fraction of sp³-hybridized carbons (Fsp3) is 0.250. The Morgan fingerprint density at radius 1 is 1.41 bits per heavy atom. The van der Waals surface area contributed by atoms with Gasteiger partial charge in [-0.05, 0) is 31.2 Å². The van der Waals surface area contributed by atoms with Gasteiger partial charge in [-0.3, -0.25) is 9.59 Å². The molecule has 1 atom stereocenters. The number of esters is 1. The second-order valence-electron chi connectivity index (χ2n) is 3.19. The molecule has 0 aliphatic heterocycles. The predicted molar refractivity (Wildman–Crippen MR) is 56.5 cm³/mol. The van der Waals surface area contributed by atoms with Crippen LogP contribution in [0.5, 0.6) is 0 Å². The third-order valence-corrected chi connectivity index (χ3v) is 2.04. The van der Waals surface area contributed by atoms with Crippen LogP contribution in [0.3, 0.4) is 0 Å². The van der Waals surface area contributed by atoms with Gasteiger partial charge in [0.15, 0.2) is 5.78 Å². The molecule has 0 bridgehead atoms. The van der Waals surface area contributed by atoms with Crippen molar-refractivity contribution in [3.05, 3.63) is 35.6 Å². The van der Waals surface area contributed by atoms with E-state index in [1.807, 2.05) is 0 Å². The lowest BCUT2D eigenvalue weighted by atomic mass is 9.99. The fourth-order valence-electron chi connectivity index (χ4n) is 1.22. The summed E-state index contributed by atoms with van der Waals surface area (Å²) in [4.78, 5) is 23.1. The van der Waals surface area contributed by atoms with Crippen molar-refractivity contribution in [3.8, 4) is 6.07 Å². The van der Waals surface area contributed by atoms with E-state index in [0.29, 0.717) is 0 Å². The van der Waals surface area contributed by atoms with E-state index >= 15 is 0 Å². The topological polar surface area (TPSA) is 67.2 Å². The molecule has 0 fully saturated rings. The van der Waals surface area contributed by atoms with E-state index in [1.54, 1.807) is 13.0 Å². The van der Waals surface area contributed by atoms with Crippen LogP contribution in [-0.2, 0) is 9.53 Å². The molecule has 0 aliphatic rings. The van der Waals surface area contributed by atoms with Crippen LogP contribution in [0.1, 0.15) is 17.3 Å². The zero-order valence-electron chi connectivity index (χ0n) is 9.14. The van der Waals surface area contributed by atoms with E-state index in [-0.39, 0.29) is 12.2 Å². The molecule has 0 saturated heterocycles. The van der Waals surface area contributed by atoms with Crippen molar-refractivity contribution in [2.75, 3.05) is 6.61 Å². The van der Waals surface area contributed by atoms with E-state index in [4.69, 9.17) is 5.26 Å². The van der Waals surface area contributed by atoms with Gasteiger partial charge in [-0.1, -0.05) is 0 Å². The molecule has 4 nitrogen and oxygen atoms in total. The minimum Gasteiger partial charge on any atom is -0.465 e. The number of hydrogen-bond acceptors (Lipinski definition) is 4. The molecule has 1 rings (SSSR count). The van der Waals surface area contributed by atoms with E-state index < -0.39 is 23.5 Å². The number of rotatable bonds is 4. The maximum atomic E-state index is 12.6. The maximum absolute atomic E-state index is 12.6. The number of halogens is 1. The summed E-state index contributed by atoms with van der Waals surface area (Å²) in [6.45, 7) is 1.67. The van der Waals surface area contributed by atoms with Gasteiger partial charge in [0.1, 0.15) is 5.82 Å². The molecule has 0 aromatic heterocycles. The molecular weight excluding hydrogens is 225 g/mol. The first kappa shape index (κ1) is 12.8. The molecule has 1 aromatic carbocycles. The Balaban J connectivity index is 2.91. The Labute approximate surface area is 97.6 Å². The molecule has 5 heteroatoms. The van der Waals surface area contributed by atoms with Crippen molar-refractivity contribution < 1.29 is 18.7 Å². The van der Waals surface area contributed by atoms with Crippen molar-refractivity contribution in [1.82, 2.24) is 0 Å². The molecule has 0 spiro atoms. The summed E-state index contributed by atoms with van der Waals surface area (Å²) in [5.74, 6) is -3.57. The van der Waals surface area contributed by atoms with Crippen molar-refractivity contribution in [1.29, 1.82) is 5.26 Å². The van der Waals surface area contributed by atoms with Gasteiger partial charge in [-0.15, -0.1) is 0 Å². The molecule has 0 heterocycles. The third kappa shape index (κ3) is 3.11. The highest BCUT2D eigenvalue weighted by atomic mass is 19.1. The van der Waals surface area contributed by atoms with Crippen LogP contribution in [0.2, 0.25) is 0 Å². The average Bonchev–Trinajstić information content (AvgIpc) is 2.31. The Bertz CT molecular complexity index is 462. The van der Waals surface area contributed by atoms with Crippen LogP contribution in [0, 0.1) is 23.1 Å². The molecule has 88 valence electrons. The lowest BCUT2D eigenvalue weighted by Crippen LogP contribution is -2.24. The van der Waals surface area contributed by atoms with Crippen LogP contribution in [0.25, 0.3) is 0 Å². The number of nitrogens with zero attached hydrogens (tertiary/aromatic N) is 1. The smallest absolute Gasteiger partial charge is 0.331 e. The summed E-state index contributed by atoms with van der Waals surface area (Å²) >= 11 is 0. The second-order valence-corrected chi connectivity index (χ2v) is 3.19. The molecule has 0 saturated carbocycles. The standard InChI is InChI=1S/C12H10FNO3/c1-2-17-12(16)10(7-14)11(15)8-3-5-9(13)6-4-8/h3-6,10H,2H2,1H3.